The van der Waals surface area contributed by atoms with E-state index in [1.54, 1.807) is 0 Å². The standard InChI is InChI=1S/C48H53N4O.Pt/c1-45(2,3)32-22-23-49-44(27-32)52-41-19-14-13-18-39(41)40-21-20-38(29-42(40)52)53-37-17-15-16-35(28-37)51-31-50(30-43(51)48(10,11)12)36-25-33(46(4,5)6)24-34(26-36)47(7,8)9;/h13-27,30-31H,1-12H3;/q-3;. The van der Waals surface area contributed by atoms with E-state index in [2.05, 4.69) is 189 Å². The molecule has 1 aliphatic rings. The molecule has 0 N–H and O–H groups in total. The van der Waals surface area contributed by atoms with Crippen molar-refractivity contribution in [2.45, 2.75) is 99.3 Å². The quantitative estimate of drug-likeness (QED) is 0.161. The van der Waals surface area contributed by atoms with Crippen molar-refractivity contribution >= 4 is 33.2 Å². The van der Waals surface area contributed by atoms with Crippen LogP contribution in [0.5, 0.6) is 11.5 Å². The van der Waals surface area contributed by atoms with Crippen LogP contribution in [0.15, 0.2) is 103 Å². The fraction of sp³-hybridized carbons (Fsp3) is 0.333. The van der Waals surface area contributed by atoms with Crippen LogP contribution in [-0.2, 0) is 37.3 Å². The molecule has 5 nitrogen and oxygen atoms in total. The van der Waals surface area contributed by atoms with Crippen molar-refractivity contribution in [3.63, 3.8) is 0 Å². The molecule has 0 saturated heterocycles. The predicted molar refractivity (Wildman–Crippen MR) is 222 cm³/mol. The van der Waals surface area contributed by atoms with E-state index in [0.717, 1.165) is 39.0 Å². The van der Waals surface area contributed by atoms with Crippen LogP contribution in [0.25, 0.3) is 27.6 Å². The third-order valence-corrected chi connectivity index (χ3v) is 10.1. The molecule has 0 radical (unpaired) electrons. The van der Waals surface area contributed by atoms with Gasteiger partial charge in [0.1, 0.15) is 5.82 Å². The van der Waals surface area contributed by atoms with Crippen molar-refractivity contribution in [3.05, 3.63) is 139 Å². The number of anilines is 2. The number of ether oxygens (including phenoxy) is 1. The Labute approximate surface area is 337 Å². The van der Waals surface area contributed by atoms with Crippen molar-refractivity contribution in [3.8, 4) is 17.3 Å². The summed E-state index contributed by atoms with van der Waals surface area (Å²) in [5, 5.41) is 2.26. The van der Waals surface area contributed by atoms with Crippen LogP contribution in [0, 0.1) is 24.2 Å². The van der Waals surface area contributed by atoms with Gasteiger partial charge in [-0.1, -0.05) is 113 Å². The molecule has 4 aromatic carbocycles. The van der Waals surface area contributed by atoms with E-state index in [0.29, 0.717) is 11.5 Å². The van der Waals surface area contributed by atoms with Crippen molar-refractivity contribution in [1.29, 1.82) is 0 Å². The number of para-hydroxylation sites is 1. The summed E-state index contributed by atoms with van der Waals surface area (Å²) in [4.78, 5) is 9.33. The van der Waals surface area contributed by atoms with Gasteiger partial charge < -0.3 is 19.1 Å². The zero-order valence-corrected chi connectivity index (χ0v) is 36.1. The van der Waals surface area contributed by atoms with Crippen LogP contribution >= 0.6 is 0 Å². The Kier molecular flexibility index (Phi) is 10.2. The molecule has 6 heteroatoms. The van der Waals surface area contributed by atoms with Gasteiger partial charge in [0.2, 0.25) is 0 Å². The molecule has 7 rings (SSSR count). The summed E-state index contributed by atoms with van der Waals surface area (Å²) in [7, 11) is 0. The number of hydrogen-bond acceptors (Lipinski definition) is 4. The number of aromatic nitrogens is 2. The molecule has 0 amide bonds. The van der Waals surface area contributed by atoms with Crippen molar-refractivity contribution in [2.24, 2.45) is 5.41 Å². The van der Waals surface area contributed by atoms with Crippen molar-refractivity contribution in [1.82, 2.24) is 9.55 Å². The maximum absolute atomic E-state index is 6.57. The monoisotopic (exact) mass is 896 g/mol. The molecule has 0 unspecified atom stereocenters. The molecule has 0 bridgehead atoms. The Morgan fingerprint density at radius 2 is 1.26 bits per heavy atom. The Morgan fingerprint density at radius 1 is 0.611 bits per heavy atom. The van der Waals surface area contributed by atoms with Crippen LogP contribution < -0.4 is 14.5 Å². The number of hydrogen-bond donors (Lipinski definition) is 0. The first-order chi connectivity index (χ1) is 24.8. The number of allylic oxidation sites excluding steroid dienone is 1. The second kappa shape index (κ2) is 14.1. The van der Waals surface area contributed by atoms with Gasteiger partial charge in [-0.3, -0.25) is 0 Å². The van der Waals surface area contributed by atoms with Gasteiger partial charge in [-0.15, -0.1) is 48.1 Å². The predicted octanol–water partition coefficient (Wildman–Crippen LogP) is 12.8. The molecule has 0 spiro atoms. The molecule has 0 saturated carbocycles. The minimum Gasteiger partial charge on any atom is -0.509 e. The molecule has 1 aliphatic heterocycles. The summed E-state index contributed by atoms with van der Waals surface area (Å²) < 4.78 is 8.77. The first-order valence-corrected chi connectivity index (χ1v) is 18.7. The van der Waals surface area contributed by atoms with E-state index in [-0.39, 0.29) is 42.7 Å². The van der Waals surface area contributed by atoms with Crippen molar-refractivity contribution < 1.29 is 25.8 Å². The van der Waals surface area contributed by atoms with Crippen LogP contribution in [0.2, 0.25) is 0 Å². The molecule has 0 fully saturated rings. The number of benzene rings is 4. The molecule has 2 aromatic heterocycles. The minimum absolute atomic E-state index is 0. The second-order valence-electron chi connectivity index (χ2n) is 18.5. The summed E-state index contributed by atoms with van der Waals surface area (Å²) in [6.45, 7) is 29.3. The molecule has 284 valence electrons. The third kappa shape index (κ3) is 7.76. The summed E-state index contributed by atoms with van der Waals surface area (Å²) in [5.41, 5.74) is 9.02. The summed E-state index contributed by atoms with van der Waals surface area (Å²) in [6, 6.07) is 37.2. The number of rotatable bonds is 5. The molecular formula is C48H53N4OPt-3. The molecule has 0 aliphatic carbocycles. The number of pyridine rings is 1. The topological polar surface area (TPSA) is 33.5 Å². The average Bonchev–Trinajstić information content (AvgIpc) is 3.68. The fourth-order valence-corrected chi connectivity index (χ4v) is 6.86. The van der Waals surface area contributed by atoms with Gasteiger partial charge in [0.15, 0.2) is 0 Å². The first-order valence-electron chi connectivity index (χ1n) is 18.7. The molecular weight excluding hydrogens is 844 g/mol. The van der Waals surface area contributed by atoms with Crippen LogP contribution in [0.1, 0.15) is 99.8 Å². The van der Waals surface area contributed by atoms with E-state index >= 15 is 0 Å². The Bertz CT molecular complexity index is 2330. The maximum Gasteiger partial charge on any atom is 0.135 e. The second-order valence-corrected chi connectivity index (χ2v) is 18.5. The van der Waals surface area contributed by atoms with Gasteiger partial charge >= 0.3 is 0 Å². The summed E-state index contributed by atoms with van der Waals surface area (Å²) in [6.07, 6.45) is 4.16. The average molecular weight is 897 g/mol. The van der Waals surface area contributed by atoms with Gasteiger partial charge in [-0.2, -0.15) is 12.1 Å². The summed E-state index contributed by atoms with van der Waals surface area (Å²) in [5.74, 6) is 2.11. The first kappa shape index (κ1) is 39.4. The molecule has 3 heterocycles. The molecule has 6 aromatic rings. The van der Waals surface area contributed by atoms with Gasteiger partial charge in [0.25, 0.3) is 0 Å². The number of fused-ring (bicyclic) bond motifs is 3. The van der Waals surface area contributed by atoms with Gasteiger partial charge in [-0.25, -0.2) is 4.98 Å². The third-order valence-electron chi connectivity index (χ3n) is 10.1. The Morgan fingerprint density at radius 3 is 1.91 bits per heavy atom. The van der Waals surface area contributed by atoms with Gasteiger partial charge in [-0.05, 0) is 74.9 Å². The molecule has 54 heavy (non-hydrogen) atoms. The zero-order chi connectivity index (χ0) is 38.1. The minimum atomic E-state index is -0.130. The summed E-state index contributed by atoms with van der Waals surface area (Å²) >= 11 is 0. The van der Waals surface area contributed by atoms with E-state index in [1.165, 1.54) is 22.4 Å². The van der Waals surface area contributed by atoms with Crippen LogP contribution in [-0.4, -0.2) is 9.55 Å². The maximum atomic E-state index is 6.57. The SMILES string of the molecule is CC(C)(C)C1=CN(c2cc(C(C)(C)C)cc(C(C)(C)C)c2)[CH-]N1c1[c-]c(Oc2[c-]c3c(cc2)c2ccccc2n3-c2cc(C(C)(C)C)ccn2)ccc1.[Pt]. The van der Waals surface area contributed by atoms with E-state index < -0.39 is 0 Å². The number of nitrogens with zero attached hydrogens (tertiary/aromatic N) is 4. The van der Waals surface area contributed by atoms with Gasteiger partial charge in [0.05, 0.1) is 0 Å². The van der Waals surface area contributed by atoms with E-state index in [1.807, 2.05) is 24.4 Å². The van der Waals surface area contributed by atoms with E-state index in [4.69, 9.17) is 9.72 Å². The largest absolute Gasteiger partial charge is 0.509 e. The Hall–Kier alpha value is -4.34. The van der Waals surface area contributed by atoms with Crippen molar-refractivity contribution in [2.75, 3.05) is 9.80 Å². The zero-order valence-electron chi connectivity index (χ0n) is 33.8. The fourth-order valence-electron chi connectivity index (χ4n) is 6.86. The van der Waals surface area contributed by atoms with Crippen LogP contribution in [0.4, 0.5) is 11.4 Å². The Balaban J connectivity index is 0.00000497. The molecule has 0 atom stereocenters. The smallest absolute Gasteiger partial charge is 0.135 e. The van der Waals surface area contributed by atoms with Gasteiger partial charge in [0, 0.05) is 61.1 Å². The normalized spacial score (nSPS) is 14.1. The van der Waals surface area contributed by atoms with Crippen LogP contribution in [0.3, 0.4) is 0 Å². The van der Waals surface area contributed by atoms with E-state index in [9.17, 15) is 0 Å².